The summed E-state index contributed by atoms with van der Waals surface area (Å²) < 4.78 is 34.0. The zero-order chi connectivity index (χ0) is 46.8. The summed E-state index contributed by atoms with van der Waals surface area (Å²) in [7, 11) is 0. The fourth-order valence-corrected chi connectivity index (χ4v) is 9.79. The van der Waals surface area contributed by atoms with E-state index in [4.69, 9.17) is 1.37 Å². The molecule has 1 unspecified atom stereocenters. The molecule has 2 aromatic heterocycles. The molecule has 0 bridgehead atoms. The van der Waals surface area contributed by atoms with E-state index in [0.29, 0.717) is 31.4 Å². The van der Waals surface area contributed by atoms with Crippen molar-refractivity contribution in [2.24, 2.45) is 11.8 Å². The zero-order valence-electron chi connectivity index (χ0n) is 40.7. The fourth-order valence-electron chi connectivity index (χ4n) is 9.79. The van der Waals surface area contributed by atoms with Crippen LogP contribution in [0.4, 0.5) is 8.78 Å². The Labute approximate surface area is 402 Å². The van der Waals surface area contributed by atoms with Crippen molar-refractivity contribution in [3.8, 4) is 22.5 Å². The van der Waals surface area contributed by atoms with Crippen LogP contribution in [0.3, 0.4) is 0 Å². The molecular formula is C58H68F2IrN2O2-2. The summed E-state index contributed by atoms with van der Waals surface area (Å²) in [5.41, 5.74) is 11.7. The van der Waals surface area contributed by atoms with Gasteiger partial charge in [0.15, 0.2) is 5.78 Å². The van der Waals surface area contributed by atoms with Crippen LogP contribution in [0.5, 0.6) is 0 Å². The number of nitrogens with zero attached hydrogens (tertiary/aromatic N) is 2. The van der Waals surface area contributed by atoms with Crippen molar-refractivity contribution in [3.63, 3.8) is 0 Å². The van der Waals surface area contributed by atoms with Gasteiger partial charge >= 0.3 is 0 Å². The second-order valence-corrected chi connectivity index (χ2v) is 18.6. The SMILES string of the molecule is CCC(CC)C(=O)/C=C(\O)C(CC)CC(C)(F)F.Cc1[c-]c(-c2nccc3cc(C4CCCC4)ccc23)cc(C)c1.[2H]c1cc2cc(C3CCCC3)ccc2c(-c2[c-]c(C)cc(C)c2)n1.[Ir]. The Kier molecular flexibility index (Phi) is 18.2. The molecule has 6 aromatic rings. The zero-order valence-corrected chi connectivity index (χ0v) is 42.1. The van der Waals surface area contributed by atoms with Gasteiger partial charge in [0, 0.05) is 56.8 Å². The Balaban J connectivity index is 0.000000187. The number of aryl methyl sites for hydroxylation is 4. The molecule has 8 rings (SSSR count). The minimum atomic E-state index is -2.83. The van der Waals surface area contributed by atoms with Crippen LogP contribution in [-0.4, -0.2) is 26.8 Å². The smallest absolute Gasteiger partial charge is 0.246 e. The van der Waals surface area contributed by atoms with E-state index >= 15 is 0 Å². The summed E-state index contributed by atoms with van der Waals surface area (Å²) in [4.78, 5) is 20.9. The summed E-state index contributed by atoms with van der Waals surface area (Å²) in [5, 5.41) is 14.6. The van der Waals surface area contributed by atoms with Crippen LogP contribution in [0.25, 0.3) is 44.1 Å². The third kappa shape index (κ3) is 14.0. The van der Waals surface area contributed by atoms with E-state index in [0.717, 1.165) is 57.8 Å². The number of benzene rings is 4. The van der Waals surface area contributed by atoms with Gasteiger partial charge in [-0.25, -0.2) is 8.78 Å². The number of aromatic nitrogens is 2. The third-order valence-electron chi connectivity index (χ3n) is 13.2. The van der Waals surface area contributed by atoms with Gasteiger partial charge in [0.05, 0.1) is 7.13 Å². The topological polar surface area (TPSA) is 63.1 Å². The van der Waals surface area contributed by atoms with Gasteiger partial charge in [-0.3, -0.25) is 4.79 Å². The average molecular weight is 1060 g/mol. The second kappa shape index (κ2) is 23.7. The molecule has 4 aromatic carbocycles. The molecule has 2 aliphatic rings. The number of ketones is 1. The standard InChI is InChI=1S/2C22H22N.C14H24F2O2.Ir/c2*1-15-11-16(2)13-20(12-15)22-21-8-7-18(17-5-3-4-6-17)14-19(21)9-10-23-22;1-5-10(6-2)12(17)8-13(18)11(7-3)9-14(4,15)16;/h2*7-12,14,17H,3-6H2,1-2H3;8,10-11,18H,5-7,9H2,1-4H3;/q2*-1;;/b;;13-8-;/i10D;;;. The van der Waals surface area contributed by atoms with Crippen molar-refractivity contribution >= 4 is 27.3 Å². The normalized spacial score (nSPS) is 15.2. The molecule has 7 heteroatoms. The van der Waals surface area contributed by atoms with Gasteiger partial charge in [0.2, 0.25) is 5.92 Å². The second-order valence-electron chi connectivity index (χ2n) is 18.6. The van der Waals surface area contributed by atoms with E-state index in [1.807, 2.05) is 26.1 Å². The molecule has 1 N–H and O–H groups in total. The van der Waals surface area contributed by atoms with Crippen molar-refractivity contribution in [2.75, 3.05) is 0 Å². The number of fused-ring (bicyclic) bond motifs is 2. The van der Waals surface area contributed by atoms with Crippen molar-refractivity contribution in [1.29, 1.82) is 0 Å². The maximum Gasteiger partial charge on any atom is 0.246 e. The number of allylic oxidation sites excluding steroid dienone is 2. The Morgan fingerprint density at radius 1 is 0.723 bits per heavy atom. The summed E-state index contributed by atoms with van der Waals surface area (Å²) >= 11 is 0. The molecule has 2 heterocycles. The van der Waals surface area contributed by atoms with E-state index in [2.05, 4.69) is 117 Å². The largest absolute Gasteiger partial charge is 0.512 e. The summed E-state index contributed by atoms with van der Waals surface area (Å²) in [5.74, 6) is -2.56. The number of rotatable bonds is 12. The van der Waals surface area contributed by atoms with E-state index in [1.165, 1.54) is 90.0 Å². The molecule has 65 heavy (non-hydrogen) atoms. The molecule has 347 valence electrons. The number of halogens is 2. The number of hydrogen-bond donors (Lipinski definition) is 1. The maximum atomic E-state index is 12.9. The third-order valence-corrected chi connectivity index (χ3v) is 13.2. The summed E-state index contributed by atoms with van der Waals surface area (Å²) in [6, 6.07) is 33.1. The minimum absolute atomic E-state index is 0. The van der Waals surface area contributed by atoms with Gasteiger partial charge in [0.25, 0.3) is 0 Å². The van der Waals surface area contributed by atoms with E-state index in [9.17, 15) is 18.7 Å². The van der Waals surface area contributed by atoms with Crippen LogP contribution in [0.15, 0.2) is 97.0 Å². The molecule has 0 aliphatic heterocycles. The Hall–Kier alpha value is -4.58. The predicted octanol–water partition coefficient (Wildman–Crippen LogP) is 16.5. The molecule has 2 fully saturated rings. The Morgan fingerprint density at radius 2 is 1.18 bits per heavy atom. The van der Waals surface area contributed by atoms with Gasteiger partial charge < -0.3 is 15.1 Å². The predicted molar refractivity (Wildman–Crippen MR) is 262 cm³/mol. The summed E-state index contributed by atoms with van der Waals surface area (Å²) in [6.45, 7) is 14.7. The van der Waals surface area contributed by atoms with Crippen LogP contribution >= 0.6 is 0 Å². The molecule has 1 atom stereocenters. The number of aliphatic hydroxyl groups is 1. The molecule has 2 saturated carbocycles. The van der Waals surface area contributed by atoms with Crippen LogP contribution in [-0.2, 0) is 24.9 Å². The molecule has 4 nitrogen and oxygen atoms in total. The number of alkyl halides is 2. The Bertz CT molecular complexity index is 2560. The molecule has 1 radical (unpaired) electrons. The monoisotopic (exact) mass is 1060 g/mol. The number of aliphatic hydroxyl groups excluding tert-OH is 1. The molecule has 0 spiro atoms. The first-order valence-electron chi connectivity index (χ1n) is 24.2. The van der Waals surface area contributed by atoms with Crippen LogP contribution in [0.1, 0.15) is 151 Å². The molecule has 0 amide bonds. The quantitative estimate of drug-likeness (QED) is 0.0754. The average Bonchev–Trinajstić information content (AvgIpc) is 4.01. The summed E-state index contributed by atoms with van der Waals surface area (Å²) in [6.07, 6.45) is 15.4. The number of carbonyl (C=O) groups excluding carboxylic acids is 1. The first kappa shape index (κ1) is 49.8. The Morgan fingerprint density at radius 3 is 1.63 bits per heavy atom. The van der Waals surface area contributed by atoms with Gasteiger partial charge in [-0.05, 0) is 120 Å². The molecule has 2 aliphatic carbocycles. The minimum Gasteiger partial charge on any atom is -0.512 e. The van der Waals surface area contributed by atoms with E-state index < -0.39 is 18.3 Å². The van der Waals surface area contributed by atoms with Crippen LogP contribution < -0.4 is 0 Å². The van der Waals surface area contributed by atoms with Crippen molar-refractivity contribution in [1.82, 2.24) is 9.97 Å². The number of carbonyl (C=O) groups is 1. The first-order valence-corrected chi connectivity index (χ1v) is 23.7. The van der Waals surface area contributed by atoms with Crippen molar-refractivity contribution < 1.29 is 40.2 Å². The number of hydrogen-bond acceptors (Lipinski definition) is 4. The van der Waals surface area contributed by atoms with Crippen LogP contribution in [0, 0.1) is 51.7 Å². The van der Waals surface area contributed by atoms with Gasteiger partial charge in [-0.1, -0.05) is 111 Å². The van der Waals surface area contributed by atoms with E-state index in [1.54, 1.807) is 6.92 Å². The van der Waals surface area contributed by atoms with Crippen molar-refractivity contribution in [3.05, 3.63) is 143 Å². The van der Waals surface area contributed by atoms with Gasteiger partial charge in [0.1, 0.15) is 0 Å². The number of pyridine rings is 2. The van der Waals surface area contributed by atoms with Crippen molar-refractivity contribution in [2.45, 2.75) is 150 Å². The van der Waals surface area contributed by atoms with Gasteiger partial charge in [-0.2, -0.15) is 0 Å². The van der Waals surface area contributed by atoms with E-state index in [-0.39, 0.29) is 37.6 Å². The van der Waals surface area contributed by atoms with Crippen LogP contribution in [0.2, 0.25) is 0 Å². The van der Waals surface area contributed by atoms with Gasteiger partial charge in [-0.15, -0.1) is 69.8 Å². The first-order chi connectivity index (χ1) is 31.0. The molecule has 0 saturated heterocycles. The molecular weight excluding hydrogens is 987 g/mol. The maximum absolute atomic E-state index is 12.9. The fraction of sp³-hybridized carbons (Fsp3) is 0.431.